The number of methoxy groups -OCH3 is 1. The Morgan fingerprint density at radius 2 is 2.29 bits per heavy atom. The summed E-state index contributed by atoms with van der Waals surface area (Å²) in [6, 6.07) is 0.973. The number of aromatic nitrogens is 1. The summed E-state index contributed by atoms with van der Waals surface area (Å²) in [7, 11) is 1.28. The Labute approximate surface area is 81.5 Å². The summed E-state index contributed by atoms with van der Waals surface area (Å²) in [5.41, 5.74) is 0.673. The molecule has 1 aromatic rings. The Bertz CT molecular complexity index is 319. The molecule has 5 heteroatoms. The highest BCUT2D eigenvalue weighted by molar-refractivity contribution is 5.84. The van der Waals surface area contributed by atoms with E-state index < -0.39 is 12.0 Å². The number of esters is 1. The van der Waals surface area contributed by atoms with Gasteiger partial charge in [0.25, 0.3) is 0 Å². The Morgan fingerprint density at radius 1 is 1.57 bits per heavy atom. The van der Waals surface area contributed by atoms with E-state index in [9.17, 15) is 9.59 Å². The zero-order valence-electron chi connectivity index (χ0n) is 8.03. The zero-order valence-corrected chi connectivity index (χ0v) is 8.03. The minimum atomic E-state index is -0.733. The first-order valence-corrected chi connectivity index (χ1v) is 4.12. The van der Waals surface area contributed by atoms with Crippen molar-refractivity contribution in [1.82, 2.24) is 10.3 Å². The van der Waals surface area contributed by atoms with Crippen molar-refractivity contribution in [2.75, 3.05) is 7.11 Å². The average molecular weight is 196 g/mol. The van der Waals surface area contributed by atoms with E-state index >= 15 is 0 Å². The van der Waals surface area contributed by atoms with E-state index in [1.165, 1.54) is 14.0 Å². The van der Waals surface area contributed by atoms with Crippen molar-refractivity contribution in [3.05, 3.63) is 24.0 Å². The number of nitrogens with one attached hydrogen (secondary N) is 2. The Morgan fingerprint density at radius 3 is 2.71 bits per heavy atom. The normalized spacial score (nSPS) is 11.9. The number of H-pyrrole nitrogens is 1. The molecule has 0 aliphatic heterocycles. The van der Waals surface area contributed by atoms with Crippen LogP contribution in [0.1, 0.15) is 18.5 Å². The van der Waals surface area contributed by atoms with Crippen LogP contribution in [0.15, 0.2) is 18.5 Å². The predicted octanol–water partition coefficient (Wildman–Crippen LogP) is 0.365. The minimum Gasteiger partial charge on any atom is -0.467 e. The molecule has 1 rings (SSSR count). The highest BCUT2D eigenvalue weighted by Crippen LogP contribution is 2.13. The third-order valence-corrected chi connectivity index (χ3v) is 1.74. The summed E-state index contributed by atoms with van der Waals surface area (Å²) >= 11 is 0. The molecule has 0 bridgehead atoms. The summed E-state index contributed by atoms with van der Waals surface area (Å²) in [5.74, 6) is -0.763. The molecule has 2 N–H and O–H groups in total. The van der Waals surface area contributed by atoms with Crippen LogP contribution in [0.4, 0.5) is 0 Å². The lowest BCUT2D eigenvalue weighted by molar-refractivity contribution is -0.145. The van der Waals surface area contributed by atoms with Crippen LogP contribution in [0, 0.1) is 0 Å². The molecule has 1 amide bonds. The van der Waals surface area contributed by atoms with Gasteiger partial charge >= 0.3 is 5.97 Å². The molecule has 1 atom stereocenters. The van der Waals surface area contributed by atoms with Crippen molar-refractivity contribution in [2.24, 2.45) is 0 Å². The van der Waals surface area contributed by atoms with E-state index in [4.69, 9.17) is 0 Å². The van der Waals surface area contributed by atoms with E-state index in [0.29, 0.717) is 5.56 Å². The zero-order chi connectivity index (χ0) is 10.6. The number of hydrogen-bond donors (Lipinski definition) is 2. The molecule has 0 aromatic carbocycles. The van der Waals surface area contributed by atoms with Gasteiger partial charge in [0, 0.05) is 24.9 Å². The monoisotopic (exact) mass is 196 g/mol. The first kappa shape index (κ1) is 10.3. The Kier molecular flexibility index (Phi) is 3.28. The molecule has 1 unspecified atom stereocenters. The molecule has 0 fully saturated rings. The van der Waals surface area contributed by atoms with Gasteiger partial charge in [0.05, 0.1) is 7.11 Å². The Balaban J connectivity index is 2.82. The van der Waals surface area contributed by atoms with E-state index in [0.717, 1.165) is 0 Å². The number of aromatic amines is 1. The van der Waals surface area contributed by atoms with Crippen molar-refractivity contribution in [3.63, 3.8) is 0 Å². The number of ether oxygens (including phenoxy) is 1. The highest BCUT2D eigenvalue weighted by atomic mass is 16.5. The third-order valence-electron chi connectivity index (χ3n) is 1.74. The number of rotatable bonds is 3. The van der Waals surface area contributed by atoms with Crippen LogP contribution < -0.4 is 5.32 Å². The first-order chi connectivity index (χ1) is 6.65. The van der Waals surface area contributed by atoms with Crippen molar-refractivity contribution < 1.29 is 14.3 Å². The van der Waals surface area contributed by atoms with Gasteiger partial charge in [0.15, 0.2) is 6.04 Å². The molecule has 0 saturated carbocycles. The molecule has 5 nitrogen and oxygen atoms in total. The third kappa shape index (κ3) is 2.35. The van der Waals surface area contributed by atoms with Crippen LogP contribution in [-0.4, -0.2) is 24.0 Å². The molecular weight excluding hydrogens is 184 g/mol. The number of amides is 1. The largest absolute Gasteiger partial charge is 0.467 e. The Hall–Kier alpha value is -1.78. The van der Waals surface area contributed by atoms with Crippen LogP contribution in [-0.2, 0) is 14.3 Å². The second-order valence-corrected chi connectivity index (χ2v) is 2.80. The lowest BCUT2D eigenvalue weighted by Crippen LogP contribution is -2.32. The number of carbonyl (C=O) groups excluding carboxylic acids is 2. The van der Waals surface area contributed by atoms with Gasteiger partial charge < -0.3 is 15.0 Å². The summed E-state index contributed by atoms with van der Waals surface area (Å²) in [5, 5.41) is 2.50. The van der Waals surface area contributed by atoms with Gasteiger partial charge in [-0.05, 0) is 6.07 Å². The van der Waals surface area contributed by atoms with Gasteiger partial charge in [-0.25, -0.2) is 4.79 Å². The predicted molar refractivity (Wildman–Crippen MR) is 49.4 cm³/mol. The molecule has 0 radical (unpaired) electrons. The standard InChI is InChI=1S/C9H12N2O3/c1-6(12)11-8(9(13)14-2)7-3-4-10-5-7/h3-5,8,10H,1-2H3,(H,11,12). The molecular formula is C9H12N2O3. The first-order valence-electron chi connectivity index (χ1n) is 4.12. The second-order valence-electron chi connectivity index (χ2n) is 2.80. The maximum absolute atomic E-state index is 11.3. The smallest absolute Gasteiger partial charge is 0.333 e. The lowest BCUT2D eigenvalue weighted by atomic mass is 10.1. The molecule has 0 saturated heterocycles. The van der Waals surface area contributed by atoms with E-state index in [-0.39, 0.29) is 5.91 Å². The van der Waals surface area contributed by atoms with Gasteiger partial charge in [0.1, 0.15) is 0 Å². The molecule has 0 aliphatic carbocycles. The molecule has 0 spiro atoms. The molecule has 76 valence electrons. The average Bonchev–Trinajstić information content (AvgIpc) is 2.65. The minimum absolute atomic E-state index is 0.276. The van der Waals surface area contributed by atoms with Crippen molar-refractivity contribution >= 4 is 11.9 Å². The van der Waals surface area contributed by atoms with Gasteiger partial charge in [-0.1, -0.05) is 0 Å². The fraction of sp³-hybridized carbons (Fsp3) is 0.333. The van der Waals surface area contributed by atoms with Crippen molar-refractivity contribution in [3.8, 4) is 0 Å². The van der Waals surface area contributed by atoms with E-state index in [1.54, 1.807) is 18.5 Å². The topological polar surface area (TPSA) is 71.2 Å². The lowest BCUT2D eigenvalue weighted by Gasteiger charge is -2.13. The number of hydrogen-bond acceptors (Lipinski definition) is 3. The summed E-state index contributed by atoms with van der Waals surface area (Å²) in [4.78, 5) is 24.9. The maximum atomic E-state index is 11.3. The van der Waals surface area contributed by atoms with Gasteiger partial charge in [-0.2, -0.15) is 0 Å². The fourth-order valence-electron chi connectivity index (χ4n) is 1.12. The van der Waals surface area contributed by atoms with E-state index in [1.807, 2.05) is 0 Å². The van der Waals surface area contributed by atoms with Crippen molar-refractivity contribution in [2.45, 2.75) is 13.0 Å². The maximum Gasteiger partial charge on any atom is 0.333 e. The fourth-order valence-corrected chi connectivity index (χ4v) is 1.12. The van der Waals surface area contributed by atoms with Crippen LogP contribution in [0.5, 0.6) is 0 Å². The highest BCUT2D eigenvalue weighted by Gasteiger charge is 2.22. The van der Waals surface area contributed by atoms with Crippen LogP contribution in [0.2, 0.25) is 0 Å². The second kappa shape index (κ2) is 4.45. The quantitative estimate of drug-likeness (QED) is 0.686. The van der Waals surface area contributed by atoms with Gasteiger partial charge in [-0.15, -0.1) is 0 Å². The summed E-state index contributed by atoms with van der Waals surface area (Å²) in [6.07, 6.45) is 3.31. The van der Waals surface area contributed by atoms with Crippen LogP contribution >= 0.6 is 0 Å². The molecule has 0 aliphatic rings. The van der Waals surface area contributed by atoms with E-state index in [2.05, 4.69) is 15.0 Å². The van der Waals surface area contributed by atoms with Crippen LogP contribution in [0.3, 0.4) is 0 Å². The van der Waals surface area contributed by atoms with Gasteiger partial charge in [-0.3, -0.25) is 4.79 Å². The number of carbonyl (C=O) groups is 2. The molecule has 14 heavy (non-hydrogen) atoms. The van der Waals surface area contributed by atoms with Crippen molar-refractivity contribution in [1.29, 1.82) is 0 Å². The molecule has 1 aromatic heterocycles. The van der Waals surface area contributed by atoms with Gasteiger partial charge in [0.2, 0.25) is 5.91 Å². The SMILES string of the molecule is COC(=O)C(NC(C)=O)c1cc[nH]c1. The summed E-state index contributed by atoms with van der Waals surface area (Å²) < 4.78 is 4.57. The van der Waals surface area contributed by atoms with Crippen LogP contribution in [0.25, 0.3) is 0 Å². The summed E-state index contributed by atoms with van der Waals surface area (Å²) in [6.45, 7) is 1.35. The molecule has 1 heterocycles.